The first-order valence-corrected chi connectivity index (χ1v) is 5.49. The van der Waals surface area contributed by atoms with E-state index in [1.54, 1.807) is 6.20 Å². The molecule has 1 aromatic carbocycles. The average molecular weight is 226 g/mol. The van der Waals surface area contributed by atoms with Gasteiger partial charge in [-0.15, -0.1) is 0 Å². The maximum absolute atomic E-state index is 10.6. The second-order valence-corrected chi connectivity index (χ2v) is 3.89. The second kappa shape index (κ2) is 5.25. The minimum Gasteiger partial charge on any atom is -0.366 e. The van der Waals surface area contributed by atoms with E-state index in [1.165, 1.54) is 5.56 Å². The molecule has 0 fully saturated rings. The fourth-order valence-electron chi connectivity index (χ4n) is 1.63. The third-order valence-corrected chi connectivity index (χ3v) is 2.54. The normalized spacial score (nSPS) is 9.94. The van der Waals surface area contributed by atoms with Crippen molar-refractivity contribution in [3.8, 4) is 0 Å². The van der Waals surface area contributed by atoms with Crippen molar-refractivity contribution in [2.45, 2.75) is 13.5 Å². The maximum atomic E-state index is 10.6. The van der Waals surface area contributed by atoms with Crippen LogP contribution in [0.15, 0.2) is 42.6 Å². The Kier molecular flexibility index (Phi) is 3.50. The minimum absolute atomic E-state index is 0.604. The SMILES string of the molecule is Cc1cc(C=O)cnc1NCc1ccccc1. The lowest BCUT2D eigenvalue weighted by molar-refractivity contribution is 0.112. The van der Waals surface area contributed by atoms with Crippen LogP contribution in [-0.4, -0.2) is 11.3 Å². The van der Waals surface area contributed by atoms with Gasteiger partial charge in [-0.1, -0.05) is 30.3 Å². The van der Waals surface area contributed by atoms with Crippen LogP contribution >= 0.6 is 0 Å². The molecule has 0 amide bonds. The van der Waals surface area contributed by atoms with E-state index in [0.717, 1.165) is 24.2 Å². The summed E-state index contributed by atoms with van der Waals surface area (Å²) in [5.41, 5.74) is 2.78. The van der Waals surface area contributed by atoms with Gasteiger partial charge in [0, 0.05) is 18.3 Å². The third kappa shape index (κ3) is 2.91. The lowest BCUT2D eigenvalue weighted by atomic mass is 10.2. The Morgan fingerprint density at radius 3 is 2.71 bits per heavy atom. The van der Waals surface area contributed by atoms with Gasteiger partial charge in [0.2, 0.25) is 0 Å². The van der Waals surface area contributed by atoms with E-state index in [9.17, 15) is 4.79 Å². The number of pyridine rings is 1. The van der Waals surface area contributed by atoms with Crippen LogP contribution in [0.2, 0.25) is 0 Å². The highest BCUT2D eigenvalue weighted by molar-refractivity contribution is 5.75. The molecule has 1 aromatic heterocycles. The number of rotatable bonds is 4. The molecule has 0 aliphatic rings. The van der Waals surface area contributed by atoms with Crippen LogP contribution in [0.25, 0.3) is 0 Å². The number of hydrogen-bond acceptors (Lipinski definition) is 3. The molecule has 3 nitrogen and oxygen atoms in total. The Hall–Kier alpha value is -2.16. The number of carbonyl (C=O) groups excluding carboxylic acids is 1. The molecule has 2 rings (SSSR count). The van der Waals surface area contributed by atoms with Gasteiger partial charge in [0.1, 0.15) is 5.82 Å². The van der Waals surface area contributed by atoms with Gasteiger partial charge in [0.25, 0.3) is 0 Å². The van der Waals surface area contributed by atoms with Crippen molar-refractivity contribution >= 4 is 12.1 Å². The Morgan fingerprint density at radius 2 is 2.06 bits per heavy atom. The molecule has 0 bridgehead atoms. The predicted molar refractivity (Wildman–Crippen MR) is 68.1 cm³/mol. The summed E-state index contributed by atoms with van der Waals surface area (Å²) in [4.78, 5) is 14.8. The topological polar surface area (TPSA) is 42.0 Å². The van der Waals surface area contributed by atoms with E-state index >= 15 is 0 Å². The summed E-state index contributed by atoms with van der Waals surface area (Å²) in [7, 11) is 0. The number of aldehydes is 1. The zero-order chi connectivity index (χ0) is 12.1. The highest BCUT2D eigenvalue weighted by Crippen LogP contribution is 2.13. The Morgan fingerprint density at radius 1 is 1.29 bits per heavy atom. The predicted octanol–water partition coefficient (Wildman–Crippen LogP) is 2.81. The summed E-state index contributed by atoms with van der Waals surface area (Å²) in [6.07, 6.45) is 2.38. The lowest BCUT2D eigenvalue weighted by Crippen LogP contribution is -2.03. The highest BCUT2D eigenvalue weighted by Gasteiger charge is 2.00. The lowest BCUT2D eigenvalue weighted by Gasteiger charge is -2.08. The van der Waals surface area contributed by atoms with E-state index in [-0.39, 0.29) is 0 Å². The van der Waals surface area contributed by atoms with Gasteiger partial charge in [-0.05, 0) is 24.1 Å². The van der Waals surface area contributed by atoms with Crippen LogP contribution in [-0.2, 0) is 6.54 Å². The molecule has 1 heterocycles. The number of anilines is 1. The maximum Gasteiger partial charge on any atom is 0.151 e. The number of carbonyl (C=O) groups is 1. The molecule has 0 radical (unpaired) electrons. The Labute approximate surface area is 101 Å². The number of aromatic nitrogens is 1. The van der Waals surface area contributed by atoms with Crippen LogP contribution in [0.4, 0.5) is 5.82 Å². The molecular weight excluding hydrogens is 212 g/mol. The van der Waals surface area contributed by atoms with Crippen LogP contribution in [0.1, 0.15) is 21.5 Å². The van der Waals surface area contributed by atoms with E-state index in [2.05, 4.69) is 22.4 Å². The van der Waals surface area contributed by atoms with Crippen LogP contribution in [0.3, 0.4) is 0 Å². The van der Waals surface area contributed by atoms with E-state index in [0.29, 0.717) is 5.56 Å². The molecule has 0 spiro atoms. The van der Waals surface area contributed by atoms with Crippen LogP contribution in [0, 0.1) is 6.92 Å². The molecule has 0 saturated carbocycles. The molecule has 2 aromatic rings. The van der Waals surface area contributed by atoms with Gasteiger partial charge in [-0.25, -0.2) is 4.98 Å². The van der Waals surface area contributed by atoms with E-state index in [4.69, 9.17) is 0 Å². The molecule has 0 aliphatic carbocycles. The summed E-state index contributed by atoms with van der Waals surface area (Å²) in [6, 6.07) is 11.9. The minimum atomic E-state index is 0.604. The van der Waals surface area contributed by atoms with Crippen molar-refractivity contribution in [1.82, 2.24) is 4.98 Å². The van der Waals surface area contributed by atoms with Gasteiger partial charge < -0.3 is 5.32 Å². The van der Waals surface area contributed by atoms with Crippen molar-refractivity contribution < 1.29 is 4.79 Å². The number of aryl methyl sites for hydroxylation is 1. The van der Waals surface area contributed by atoms with Crippen LogP contribution < -0.4 is 5.32 Å². The third-order valence-electron chi connectivity index (χ3n) is 2.54. The second-order valence-electron chi connectivity index (χ2n) is 3.89. The number of benzene rings is 1. The van der Waals surface area contributed by atoms with Gasteiger partial charge in [0.05, 0.1) is 0 Å². The first-order chi connectivity index (χ1) is 8.29. The zero-order valence-corrected chi connectivity index (χ0v) is 9.68. The largest absolute Gasteiger partial charge is 0.366 e. The first-order valence-electron chi connectivity index (χ1n) is 5.49. The summed E-state index contributed by atoms with van der Waals surface area (Å²) >= 11 is 0. The van der Waals surface area contributed by atoms with Crippen molar-refractivity contribution in [3.05, 3.63) is 59.3 Å². The van der Waals surface area contributed by atoms with Crippen molar-refractivity contribution in [3.63, 3.8) is 0 Å². The number of hydrogen-bond donors (Lipinski definition) is 1. The molecule has 3 heteroatoms. The quantitative estimate of drug-likeness (QED) is 0.815. The van der Waals surface area contributed by atoms with Crippen molar-refractivity contribution in [1.29, 1.82) is 0 Å². The van der Waals surface area contributed by atoms with Crippen LogP contribution in [0.5, 0.6) is 0 Å². The standard InChI is InChI=1S/C14H14N2O/c1-11-7-13(10-17)9-16-14(11)15-8-12-5-3-2-4-6-12/h2-7,9-10H,8H2,1H3,(H,15,16). The fourth-order valence-corrected chi connectivity index (χ4v) is 1.63. The highest BCUT2D eigenvalue weighted by atomic mass is 16.1. The molecule has 0 unspecified atom stereocenters. The van der Waals surface area contributed by atoms with Gasteiger partial charge in [-0.3, -0.25) is 4.79 Å². The van der Waals surface area contributed by atoms with E-state index in [1.807, 2.05) is 31.2 Å². The van der Waals surface area contributed by atoms with Gasteiger partial charge in [0.15, 0.2) is 6.29 Å². The molecular formula is C14H14N2O. The molecule has 17 heavy (non-hydrogen) atoms. The average Bonchev–Trinajstić information content (AvgIpc) is 2.38. The van der Waals surface area contributed by atoms with Crippen molar-refractivity contribution in [2.24, 2.45) is 0 Å². The van der Waals surface area contributed by atoms with E-state index < -0.39 is 0 Å². The molecule has 86 valence electrons. The van der Waals surface area contributed by atoms with Crippen molar-refractivity contribution in [2.75, 3.05) is 5.32 Å². The zero-order valence-electron chi connectivity index (χ0n) is 9.68. The summed E-state index contributed by atoms with van der Waals surface area (Å²) < 4.78 is 0. The monoisotopic (exact) mass is 226 g/mol. The molecule has 0 atom stereocenters. The van der Waals surface area contributed by atoms with Gasteiger partial charge in [-0.2, -0.15) is 0 Å². The number of nitrogens with one attached hydrogen (secondary N) is 1. The Balaban J connectivity index is 2.07. The van der Waals surface area contributed by atoms with Gasteiger partial charge >= 0.3 is 0 Å². The first kappa shape index (κ1) is 11.3. The summed E-state index contributed by atoms with van der Waals surface area (Å²) in [6.45, 7) is 2.67. The molecule has 0 saturated heterocycles. The molecule has 0 aliphatic heterocycles. The number of nitrogens with zero attached hydrogens (tertiary/aromatic N) is 1. The summed E-state index contributed by atoms with van der Waals surface area (Å²) in [5, 5.41) is 3.25. The molecule has 1 N–H and O–H groups in total. The fraction of sp³-hybridized carbons (Fsp3) is 0.143. The summed E-state index contributed by atoms with van der Waals surface area (Å²) in [5.74, 6) is 0.819. The Bertz CT molecular complexity index is 509. The smallest absolute Gasteiger partial charge is 0.151 e.